The summed E-state index contributed by atoms with van der Waals surface area (Å²) in [4.78, 5) is 23.1. The summed E-state index contributed by atoms with van der Waals surface area (Å²) in [6, 6.07) is 7.01. The van der Waals surface area contributed by atoms with Crippen molar-refractivity contribution < 1.29 is 19.1 Å². The lowest BCUT2D eigenvalue weighted by molar-refractivity contribution is -0.142. The number of fused-ring (bicyclic) bond motifs is 1. The minimum absolute atomic E-state index is 0.116. The highest BCUT2D eigenvalue weighted by Gasteiger charge is 2.47. The molecule has 21 heavy (non-hydrogen) atoms. The number of carbonyl (C=O) groups is 2. The van der Waals surface area contributed by atoms with E-state index in [0.29, 0.717) is 5.75 Å². The monoisotopic (exact) mass is 289 g/mol. The second-order valence-electron chi connectivity index (χ2n) is 5.80. The molecule has 5 heteroatoms. The summed E-state index contributed by atoms with van der Waals surface area (Å²) in [5, 5.41) is 2.94. The van der Waals surface area contributed by atoms with E-state index in [1.54, 1.807) is 24.3 Å². The summed E-state index contributed by atoms with van der Waals surface area (Å²) in [7, 11) is 1.32. The Balaban J connectivity index is 1.49. The molecule has 2 atom stereocenters. The molecule has 0 radical (unpaired) electrons. The van der Waals surface area contributed by atoms with Crippen molar-refractivity contribution in [2.75, 3.05) is 19.0 Å². The number of hydrogen-bond donors (Lipinski definition) is 1. The van der Waals surface area contributed by atoms with Crippen molar-refractivity contribution >= 4 is 17.6 Å². The van der Waals surface area contributed by atoms with Gasteiger partial charge in [0.1, 0.15) is 5.75 Å². The van der Waals surface area contributed by atoms with Crippen molar-refractivity contribution in [3.05, 3.63) is 24.3 Å². The van der Waals surface area contributed by atoms with E-state index in [9.17, 15) is 9.59 Å². The first-order chi connectivity index (χ1) is 10.2. The third kappa shape index (κ3) is 3.35. The third-order valence-corrected chi connectivity index (χ3v) is 4.32. The Morgan fingerprint density at radius 1 is 1.14 bits per heavy atom. The van der Waals surface area contributed by atoms with Gasteiger partial charge in [-0.3, -0.25) is 4.79 Å². The summed E-state index contributed by atoms with van der Waals surface area (Å²) >= 11 is 0. The van der Waals surface area contributed by atoms with Gasteiger partial charge in [0, 0.05) is 11.6 Å². The molecule has 0 bridgehead atoms. The maximum absolute atomic E-state index is 12.1. The molecule has 2 aliphatic carbocycles. The summed E-state index contributed by atoms with van der Waals surface area (Å²) in [6.07, 6.45) is 3.39. The number of ether oxygens (including phenoxy) is 2. The van der Waals surface area contributed by atoms with Crippen LogP contribution in [0.2, 0.25) is 0 Å². The molecule has 112 valence electrons. The van der Waals surface area contributed by atoms with Crippen molar-refractivity contribution in [3.63, 3.8) is 0 Å². The summed E-state index contributed by atoms with van der Waals surface area (Å²) < 4.78 is 9.75. The Labute approximate surface area is 123 Å². The Bertz CT molecular complexity index is 530. The van der Waals surface area contributed by atoms with Crippen LogP contribution in [0.5, 0.6) is 5.75 Å². The minimum Gasteiger partial charge on any atom is -0.482 e. The Kier molecular flexibility index (Phi) is 3.82. The lowest BCUT2D eigenvalue weighted by atomic mass is 10.0. The molecule has 1 N–H and O–H groups in total. The topological polar surface area (TPSA) is 64.6 Å². The van der Waals surface area contributed by atoms with Crippen molar-refractivity contribution in [1.29, 1.82) is 0 Å². The Morgan fingerprint density at radius 2 is 1.81 bits per heavy atom. The van der Waals surface area contributed by atoms with Crippen LogP contribution in [-0.4, -0.2) is 25.6 Å². The van der Waals surface area contributed by atoms with Crippen LogP contribution in [0.4, 0.5) is 5.69 Å². The molecule has 0 aliphatic heterocycles. The van der Waals surface area contributed by atoms with Gasteiger partial charge in [0.05, 0.1) is 7.11 Å². The first-order valence-corrected chi connectivity index (χ1v) is 7.26. The SMILES string of the molecule is COC(=O)COc1ccc(NC(=O)C2CC3CC3C2)cc1. The molecule has 1 amide bonds. The number of esters is 1. The van der Waals surface area contributed by atoms with Gasteiger partial charge in [-0.25, -0.2) is 4.79 Å². The predicted octanol–water partition coefficient (Wildman–Crippen LogP) is 2.22. The van der Waals surface area contributed by atoms with Gasteiger partial charge < -0.3 is 14.8 Å². The van der Waals surface area contributed by atoms with Crippen LogP contribution in [0, 0.1) is 17.8 Å². The van der Waals surface area contributed by atoms with Crippen molar-refractivity contribution in [1.82, 2.24) is 0 Å². The van der Waals surface area contributed by atoms with Crippen LogP contribution in [0.15, 0.2) is 24.3 Å². The van der Waals surface area contributed by atoms with Gasteiger partial charge >= 0.3 is 5.97 Å². The van der Waals surface area contributed by atoms with E-state index in [4.69, 9.17) is 4.74 Å². The summed E-state index contributed by atoms with van der Waals surface area (Å²) in [5.74, 6) is 2.03. The van der Waals surface area contributed by atoms with Crippen molar-refractivity contribution in [2.45, 2.75) is 19.3 Å². The van der Waals surface area contributed by atoms with Crippen molar-refractivity contribution in [3.8, 4) is 5.75 Å². The number of benzene rings is 1. The average molecular weight is 289 g/mol. The van der Waals surface area contributed by atoms with E-state index in [-0.39, 0.29) is 18.4 Å². The van der Waals surface area contributed by atoms with Crippen LogP contribution in [0.3, 0.4) is 0 Å². The van der Waals surface area contributed by atoms with Gasteiger partial charge in [-0.15, -0.1) is 0 Å². The molecule has 0 heterocycles. The molecule has 1 aromatic rings. The molecule has 0 saturated heterocycles. The van der Waals surface area contributed by atoms with Crippen LogP contribution >= 0.6 is 0 Å². The van der Waals surface area contributed by atoms with Gasteiger partial charge in [0.2, 0.25) is 5.91 Å². The molecular formula is C16H19NO4. The normalized spacial score (nSPS) is 25.9. The quantitative estimate of drug-likeness (QED) is 0.844. The highest BCUT2D eigenvalue weighted by atomic mass is 16.6. The maximum Gasteiger partial charge on any atom is 0.343 e. The predicted molar refractivity (Wildman–Crippen MR) is 76.9 cm³/mol. The molecule has 2 aliphatic rings. The molecule has 0 spiro atoms. The highest BCUT2D eigenvalue weighted by Crippen LogP contribution is 2.54. The number of methoxy groups -OCH3 is 1. The van der Waals surface area contributed by atoms with Crippen LogP contribution < -0.4 is 10.1 Å². The minimum atomic E-state index is -0.424. The van der Waals surface area contributed by atoms with Gasteiger partial charge in [-0.05, 0) is 55.4 Å². The second kappa shape index (κ2) is 5.76. The molecule has 1 aromatic carbocycles. The van der Waals surface area contributed by atoms with E-state index >= 15 is 0 Å². The van der Waals surface area contributed by atoms with E-state index in [1.807, 2.05) is 0 Å². The molecule has 2 unspecified atom stereocenters. The zero-order valence-electron chi connectivity index (χ0n) is 12.0. The molecule has 5 nitrogen and oxygen atoms in total. The fourth-order valence-corrected chi connectivity index (χ4v) is 3.01. The zero-order valence-corrected chi connectivity index (χ0v) is 12.0. The number of hydrogen-bond acceptors (Lipinski definition) is 4. The average Bonchev–Trinajstić information content (AvgIpc) is 3.12. The third-order valence-electron chi connectivity index (χ3n) is 4.32. The molecular weight excluding hydrogens is 270 g/mol. The number of amides is 1. The van der Waals surface area contributed by atoms with Crippen molar-refractivity contribution in [2.24, 2.45) is 17.8 Å². The first-order valence-electron chi connectivity index (χ1n) is 7.26. The van der Waals surface area contributed by atoms with E-state index in [0.717, 1.165) is 30.4 Å². The van der Waals surface area contributed by atoms with Gasteiger partial charge in [0.25, 0.3) is 0 Å². The maximum atomic E-state index is 12.1. The van der Waals surface area contributed by atoms with E-state index < -0.39 is 5.97 Å². The highest BCUT2D eigenvalue weighted by molar-refractivity contribution is 5.92. The standard InChI is InChI=1S/C16H19NO4/c1-20-15(18)9-21-14-4-2-13(3-5-14)17-16(19)12-7-10-6-11(10)8-12/h2-5,10-12H,6-9H2,1H3,(H,17,19). The number of nitrogens with one attached hydrogen (secondary N) is 1. The second-order valence-corrected chi connectivity index (χ2v) is 5.80. The lowest BCUT2D eigenvalue weighted by Crippen LogP contribution is -2.21. The molecule has 0 aromatic heterocycles. The zero-order chi connectivity index (χ0) is 14.8. The van der Waals surface area contributed by atoms with Gasteiger partial charge in [0.15, 0.2) is 6.61 Å². The Morgan fingerprint density at radius 3 is 2.43 bits per heavy atom. The Hall–Kier alpha value is -2.04. The summed E-state index contributed by atoms with van der Waals surface area (Å²) in [6.45, 7) is -0.118. The summed E-state index contributed by atoms with van der Waals surface area (Å²) in [5.41, 5.74) is 0.756. The molecule has 2 saturated carbocycles. The fraction of sp³-hybridized carbons (Fsp3) is 0.500. The van der Waals surface area contributed by atoms with Gasteiger partial charge in [-0.2, -0.15) is 0 Å². The van der Waals surface area contributed by atoms with Crippen LogP contribution in [0.1, 0.15) is 19.3 Å². The number of rotatable bonds is 5. The molecule has 3 rings (SSSR count). The fourth-order valence-electron chi connectivity index (χ4n) is 3.01. The lowest BCUT2D eigenvalue weighted by Gasteiger charge is -2.12. The first kappa shape index (κ1) is 13.9. The van der Waals surface area contributed by atoms with Crippen LogP contribution in [-0.2, 0) is 14.3 Å². The van der Waals surface area contributed by atoms with Crippen LogP contribution in [0.25, 0.3) is 0 Å². The van der Waals surface area contributed by atoms with E-state index in [2.05, 4.69) is 10.1 Å². The van der Waals surface area contributed by atoms with Gasteiger partial charge in [-0.1, -0.05) is 0 Å². The smallest absolute Gasteiger partial charge is 0.343 e. The number of carbonyl (C=O) groups excluding carboxylic acids is 2. The largest absolute Gasteiger partial charge is 0.482 e. The van der Waals surface area contributed by atoms with E-state index in [1.165, 1.54) is 13.5 Å². The molecule has 2 fully saturated rings. The number of anilines is 1.